The number of anilines is 2. The summed E-state index contributed by atoms with van der Waals surface area (Å²) in [6, 6.07) is 14.8. The highest BCUT2D eigenvalue weighted by Gasteiger charge is 2.17. The van der Waals surface area contributed by atoms with Crippen molar-refractivity contribution in [2.24, 2.45) is 0 Å². The van der Waals surface area contributed by atoms with E-state index in [1.165, 1.54) is 0 Å². The van der Waals surface area contributed by atoms with Gasteiger partial charge in [0.1, 0.15) is 11.6 Å². The molecule has 1 fully saturated rings. The lowest BCUT2D eigenvalue weighted by Crippen LogP contribution is -2.36. The summed E-state index contributed by atoms with van der Waals surface area (Å²) >= 11 is 0. The molecule has 1 amide bonds. The number of pyridine rings is 2. The molecule has 1 saturated heterocycles. The van der Waals surface area contributed by atoms with Gasteiger partial charge in [0.2, 0.25) is 0 Å². The number of rotatable bonds is 4. The van der Waals surface area contributed by atoms with Crippen molar-refractivity contribution in [1.82, 2.24) is 20.6 Å². The van der Waals surface area contributed by atoms with Crippen molar-refractivity contribution in [3.63, 3.8) is 0 Å². The molecule has 0 aliphatic carbocycles. The quantitative estimate of drug-likeness (QED) is 0.661. The van der Waals surface area contributed by atoms with Crippen molar-refractivity contribution in [3.05, 3.63) is 59.8 Å². The van der Waals surface area contributed by atoms with E-state index in [1.54, 1.807) is 30.5 Å². The van der Waals surface area contributed by atoms with Crippen molar-refractivity contribution < 1.29 is 4.79 Å². The molecule has 0 radical (unpaired) electrons. The van der Waals surface area contributed by atoms with Gasteiger partial charge in [0.25, 0.3) is 5.91 Å². The first-order chi connectivity index (χ1) is 13.2. The number of benzene rings is 1. The summed E-state index contributed by atoms with van der Waals surface area (Å²) in [4.78, 5) is 21.2. The van der Waals surface area contributed by atoms with E-state index >= 15 is 0 Å². The third-order valence-corrected chi connectivity index (χ3v) is 4.49. The monoisotopic (exact) mass is 358 g/mol. The van der Waals surface area contributed by atoms with Gasteiger partial charge in [-0.05, 0) is 55.4 Å². The molecule has 1 aromatic carbocycles. The Balaban J connectivity index is 1.51. The fourth-order valence-corrected chi connectivity index (χ4v) is 3.08. The van der Waals surface area contributed by atoms with E-state index < -0.39 is 0 Å². The van der Waals surface area contributed by atoms with Gasteiger partial charge in [-0.3, -0.25) is 4.79 Å². The number of nitrogens with zero attached hydrogens (tertiary/aromatic N) is 3. The largest absolute Gasteiger partial charge is 0.348 e. The summed E-state index contributed by atoms with van der Waals surface area (Å²) in [5.74, 6) is 1.06. The summed E-state index contributed by atoms with van der Waals surface area (Å²) in [7, 11) is 0. The predicted octanol–water partition coefficient (Wildman–Crippen LogP) is 2.34. The summed E-state index contributed by atoms with van der Waals surface area (Å²) in [5.41, 5.74) is 1.93. The molecule has 3 aromatic rings. The number of aromatic nitrogens is 2. The predicted molar refractivity (Wildman–Crippen MR) is 103 cm³/mol. The van der Waals surface area contributed by atoms with Crippen LogP contribution in [0.5, 0.6) is 0 Å². The second kappa shape index (κ2) is 7.40. The SMILES string of the molecule is N#Cc1ccc2nc(Nc3cc(C(=O)N[C@H]4CCNC4)ccn3)ccc2c1. The second-order valence-corrected chi connectivity index (χ2v) is 6.43. The molecule has 0 unspecified atom stereocenters. The van der Waals surface area contributed by atoms with Gasteiger partial charge in [0.15, 0.2) is 0 Å². The minimum Gasteiger partial charge on any atom is -0.348 e. The minimum absolute atomic E-state index is 0.107. The Morgan fingerprint density at radius 1 is 1.19 bits per heavy atom. The summed E-state index contributed by atoms with van der Waals surface area (Å²) in [6.45, 7) is 1.73. The molecule has 4 rings (SSSR count). The zero-order chi connectivity index (χ0) is 18.6. The molecule has 3 N–H and O–H groups in total. The highest BCUT2D eigenvalue weighted by atomic mass is 16.1. The number of hydrogen-bond donors (Lipinski definition) is 3. The van der Waals surface area contributed by atoms with Crippen molar-refractivity contribution >= 4 is 28.4 Å². The average Bonchev–Trinajstić information content (AvgIpc) is 3.21. The van der Waals surface area contributed by atoms with Crippen LogP contribution in [0.2, 0.25) is 0 Å². The normalized spacial score (nSPS) is 16.0. The molecule has 134 valence electrons. The maximum Gasteiger partial charge on any atom is 0.251 e. The lowest BCUT2D eigenvalue weighted by molar-refractivity contribution is 0.0940. The molecule has 2 aromatic heterocycles. The summed E-state index contributed by atoms with van der Waals surface area (Å²) in [5, 5.41) is 19.3. The fourth-order valence-electron chi connectivity index (χ4n) is 3.08. The molecule has 27 heavy (non-hydrogen) atoms. The maximum absolute atomic E-state index is 12.4. The Hall–Kier alpha value is -3.50. The van der Waals surface area contributed by atoms with Crippen LogP contribution in [0.3, 0.4) is 0 Å². The van der Waals surface area contributed by atoms with Gasteiger partial charge >= 0.3 is 0 Å². The van der Waals surface area contributed by atoms with E-state index in [2.05, 4.69) is 32.0 Å². The third-order valence-electron chi connectivity index (χ3n) is 4.49. The Labute approximate surface area is 156 Å². The van der Waals surface area contributed by atoms with Gasteiger partial charge in [-0.15, -0.1) is 0 Å². The highest BCUT2D eigenvalue weighted by Crippen LogP contribution is 2.19. The van der Waals surface area contributed by atoms with Crippen LogP contribution in [0.1, 0.15) is 22.3 Å². The Morgan fingerprint density at radius 3 is 2.93 bits per heavy atom. The van der Waals surface area contributed by atoms with Crippen LogP contribution in [-0.2, 0) is 0 Å². The van der Waals surface area contributed by atoms with Crippen LogP contribution >= 0.6 is 0 Å². The number of hydrogen-bond acceptors (Lipinski definition) is 6. The molecule has 0 spiro atoms. The Bertz CT molecular complexity index is 1040. The number of carbonyl (C=O) groups excluding carboxylic acids is 1. The first-order valence-electron chi connectivity index (χ1n) is 8.77. The van der Waals surface area contributed by atoms with Gasteiger partial charge in [0, 0.05) is 29.7 Å². The van der Waals surface area contributed by atoms with Crippen LogP contribution in [0.15, 0.2) is 48.7 Å². The highest BCUT2D eigenvalue weighted by molar-refractivity contribution is 5.95. The molecule has 7 heteroatoms. The number of amides is 1. The third kappa shape index (κ3) is 3.86. The van der Waals surface area contributed by atoms with Crippen molar-refractivity contribution in [2.75, 3.05) is 18.4 Å². The lowest BCUT2D eigenvalue weighted by atomic mass is 10.1. The number of nitriles is 1. The molecular weight excluding hydrogens is 340 g/mol. The Morgan fingerprint density at radius 2 is 2.11 bits per heavy atom. The van der Waals surface area contributed by atoms with Gasteiger partial charge in [-0.25, -0.2) is 9.97 Å². The number of carbonyl (C=O) groups is 1. The molecule has 1 atom stereocenters. The van der Waals surface area contributed by atoms with Crippen molar-refractivity contribution in [3.8, 4) is 6.07 Å². The maximum atomic E-state index is 12.4. The van der Waals surface area contributed by atoms with Crippen molar-refractivity contribution in [1.29, 1.82) is 5.26 Å². The zero-order valence-corrected chi connectivity index (χ0v) is 14.6. The average molecular weight is 358 g/mol. The van der Waals surface area contributed by atoms with E-state index in [9.17, 15) is 4.79 Å². The smallest absolute Gasteiger partial charge is 0.251 e. The molecule has 3 heterocycles. The second-order valence-electron chi connectivity index (χ2n) is 6.43. The van der Waals surface area contributed by atoms with E-state index in [-0.39, 0.29) is 11.9 Å². The number of nitrogens with one attached hydrogen (secondary N) is 3. The van der Waals surface area contributed by atoms with Crippen LogP contribution in [-0.4, -0.2) is 35.0 Å². The van der Waals surface area contributed by atoms with E-state index in [0.29, 0.717) is 22.8 Å². The minimum atomic E-state index is -0.107. The van der Waals surface area contributed by atoms with E-state index in [1.807, 2.05) is 18.2 Å². The Kier molecular flexibility index (Phi) is 4.64. The van der Waals surface area contributed by atoms with Crippen LogP contribution < -0.4 is 16.0 Å². The molecule has 0 bridgehead atoms. The van der Waals surface area contributed by atoms with Gasteiger partial charge < -0.3 is 16.0 Å². The molecule has 1 aliphatic heterocycles. The first-order valence-corrected chi connectivity index (χ1v) is 8.77. The molecule has 7 nitrogen and oxygen atoms in total. The van der Waals surface area contributed by atoms with Crippen LogP contribution in [0.4, 0.5) is 11.6 Å². The topological polar surface area (TPSA) is 103 Å². The first kappa shape index (κ1) is 16.9. The number of fused-ring (bicyclic) bond motifs is 1. The molecular formula is C20H18N6O. The van der Waals surface area contributed by atoms with Crippen LogP contribution in [0.25, 0.3) is 10.9 Å². The van der Waals surface area contributed by atoms with E-state index in [0.717, 1.165) is 30.4 Å². The van der Waals surface area contributed by atoms with E-state index in [4.69, 9.17) is 5.26 Å². The van der Waals surface area contributed by atoms with Gasteiger partial charge in [0.05, 0.1) is 17.1 Å². The summed E-state index contributed by atoms with van der Waals surface area (Å²) < 4.78 is 0. The molecule has 1 aliphatic rings. The lowest BCUT2D eigenvalue weighted by Gasteiger charge is -2.12. The standard InChI is InChI=1S/C20H18N6O/c21-11-13-1-3-17-14(9-13)2-4-18(25-17)26-19-10-15(5-8-23-19)20(27)24-16-6-7-22-12-16/h1-5,8-10,16,22H,6-7,12H2,(H,24,27)(H,23,25,26)/t16-/m0/s1. The zero-order valence-electron chi connectivity index (χ0n) is 14.6. The van der Waals surface area contributed by atoms with Crippen molar-refractivity contribution in [2.45, 2.75) is 12.5 Å². The molecule has 0 saturated carbocycles. The fraction of sp³-hybridized carbons (Fsp3) is 0.200. The van der Waals surface area contributed by atoms with Gasteiger partial charge in [-0.1, -0.05) is 0 Å². The van der Waals surface area contributed by atoms with Crippen LogP contribution in [0, 0.1) is 11.3 Å². The van der Waals surface area contributed by atoms with Gasteiger partial charge in [-0.2, -0.15) is 5.26 Å². The summed E-state index contributed by atoms with van der Waals surface area (Å²) in [6.07, 6.45) is 2.54.